The van der Waals surface area contributed by atoms with Crippen molar-refractivity contribution in [3.05, 3.63) is 23.8 Å². The molecule has 4 aliphatic carbocycles. The first kappa shape index (κ1) is 16.9. The molecule has 0 amide bonds. The molecule has 0 bridgehead atoms. The van der Waals surface area contributed by atoms with Gasteiger partial charge in [0.1, 0.15) is 11.6 Å². The standard InChI is InChI=1S/C21H26O6.Na/c1-19-7-5-12(22)9-11(19)3-4-13-14-6-8-21(27,17(24)18(25)26)20(14,2)10-15(23)16(13)19;/h5,7,9,13-16,23,27H,3-4,6,8,10H2,1-2H3,(H,25,26);/q;+1/p-1/t13?,14-,15-,16+,19-,20-,21-;/m0./s1/i10D2,15D,16D;. The van der Waals surface area contributed by atoms with Crippen molar-refractivity contribution in [1.82, 2.24) is 0 Å². The molecule has 4 rings (SSSR count). The predicted molar refractivity (Wildman–Crippen MR) is 93.0 cm³/mol. The van der Waals surface area contributed by atoms with E-state index in [2.05, 4.69) is 0 Å². The number of hydrogen-bond donors (Lipinski definition) is 2. The zero-order valence-electron chi connectivity index (χ0n) is 20.2. The predicted octanol–water partition coefficient (Wildman–Crippen LogP) is -2.68. The minimum Gasteiger partial charge on any atom is -0.542 e. The van der Waals surface area contributed by atoms with Gasteiger partial charge in [-0.3, -0.25) is 9.59 Å². The van der Waals surface area contributed by atoms with Crippen LogP contribution in [0.25, 0.3) is 0 Å². The van der Waals surface area contributed by atoms with Gasteiger partial charge in [-0.25, -0.2) is 0 Å². The Hall–Kier alpha value is -0.790. The molecule has 3 fully saturated rings. The largest absolute Gasteiger partial charge is 1.00 e. The van der Waals surface area contributed by atoms with Crippen LogP contribution in [0.15, 0.2) is 23.8 Å². The zero-order chi connectivity index (χ0) is 23.4. The first-order valence-corrected chi connectivity index (χ1v) is 9.19. The number of fused-ring (bicyclic) bond motifs is 5. The molecule has 1 unspecified atom stereocenters. The number of carboxylic acids is 1. The van der Waals surface area contributed by atoms with Crippen LogP contribution in [-0.4, -0.2) is 39.4 Å². The maximum atomic E-state index is 12.5. The van der Waals surface area contributed by atoms with Crippen LogP contribution in [0.5, 0.6) is 0 Å². The molecule has 146 valence electrons. The Morgan fingerprint density at radius 2 is 2.04 bits per heavy atom. The van der Waals surface area contributed by atoms with Crippen LogP contribution in [0.3, 0.4) is 0 Å². The van der Waals surface area contributed by atoms with Gasteiger partial charge in [0.15, 0.2) is 5.78 Å². The summed E-state index contributed by atoms with van der Waals surface area (Å²) in [6, 6.07) is 0. The van der Waals surface area contributed by atoms with Crippen LogP contribution in [0.2, 0.25) is 0 Å². The second-order valence-corrected chi connectivity index (χ2v) is 8.46. The van der Waals surface area contributed by atoms with Gasteiger partial charge in [-0.05, 0) is 56.0 Å². The van der Waals surface area contributed by atoms with Crippen LogP contribution >= 0.6 is 0 Å². The number of carbonyl (C=O) groups is 3. The first-order chi connectivity index (χ1) is 14.0. The number of allylic oxidation sites excluding steroid dienone is 4. The molecule has 0 aliphatic heterocycles. The van der Waals surface area contributed by atoms with Crippen molar-refractivity contribution < 1.29 is 64.7 Å². The van der Waals surface area contributed by atoms with Gasteiger partial charge < -0.3 is 20.1 Å². The van der Waals surface area contributed by atoms with E-state index in [-0.39, 0.29) is 54.6 Å². The number of ketones is 2. The van der Waals surface area contributed by atoms with Crippen LogP contribution < -0.4 is 34.7 Å². The van der Waals surface area contributed by atoms with Crippen molar-refractivity contribution in [1.29, 1.82) is 0 Å². The molecule has 0 aromatic heterocycles. The normalized spacial score (nSPS) is 55.7. The Morgan fingerprint density at radius 1 is 1.36 bits per heavy atom. The summed E-state index contributed by atoms with van der Waals surface area (Å²) in [7, 11) is 0. The number of rotatable bonds is 2. The first-order valence-electron chi connectivity index (χ1n) is 11.2. The van der Waals surface area contributed by atoms with Crippen molar-refractivity contribution in [3.63, 3.8) is 0 Å². The maximum Gasteiger partial charge on any atom is 1.00 e. The van der Waals surface area contributed by atoms with Crippen LogP contribution in [0.4, 0.5) is 0 Å². The molecule has 7 atom stereocenters. The summed E-state index contributed by atoms with van der Waals surface area (Å²) in [4.78, 5) is 35.8. The van der Waals surface area contributed by atoms with Crippen LogP contribution in [0.1, 0.15) is 51.4 Å². The van der Waals surface area contributed by atoms with Crippen molar-refractivity contribution in [2.24, 2.45) is 28.6 Å². The van der Waals surface area contributed by atoms with Crippen LogP contribution in [0, 0.1) is 28.6 Å². The van der Waals surface area contributed by atoms with Crippen molar-refractivity contribution in [2.75, 3.05) is 0 Å². The summed E-state index contributed by atoms with van der Waals surface area (Å²) >= 11 is 0. The average Bonchev–Trinajstić information content (AvgIpc) is 2.96. The van der Waals surface area contributed by atoms with Crippen molar-refractivity contribution in [3.8, 4) is 0 Å². The molecule has 0 radical (unpaired) electrons. The Balaban J connectivity index is 0.00000289. The molecule has 4 aliphatic rings. The van der Waals surface area contributed by atoms with Gasteiger partial charge in [0.25, 0.3) is 0 Å². The van der Waals surface area contributed by atoms with E-state index in [1.54, 1.807) is 6.92 Å². The minimum atomic E-state index is -3.15. The van der Waals surface area contributed by atoms with E-state index < -0.39 is 58.4 Å². The molecule has 3 saturated carbocycles. The molecule has 0 heterocycles. The van der Waals surface area contributed by atoms with Gasteiger partial charge in [-0.2, -0.15) is 0 Å². The molecule has 7 heteroatoms. The van der Waals surface area contributed by atoms with E-state index in [0.717, 1.165) is 0 Å². The van der Waals surface area contributed by atoms with E-state index in [0.29, 0.717) is 12.0 Å². The monoisotopic (exact) mass is 400 g/mol. The van der Waals surface area contributed by atoms with Gasteiger partial charge in [-0.15, -0.1) is 0 Å². The van der Waals surface area contributed by atoms with Gasteiger partial charge in [0.2, 0.25) is 5.78 Å². The molecular weight excluding hydrogens is 371 g/mol. The van der Waals surface area contributed by atoms with Gasteiger partial charge in [-0.1, -0.05) is 25.5 Å². The van der Waals surface area contributed by atoms with E-state index in [1.807, 2.05) is 0 Å². The smallest absolute Gasteiger partial charge is 0.542 e. The maximum absolute atomic E-state index is 12.5. The molecule has 0 spiro atoms. The Bertz CT molecular complexity index is 979. The van der Waals surface area contributed by atoms with E-state index in [4.69, 9.17) is 4.11 Å². The second kappa shape index (κ2) is 6.88. The fourth-order valence-electron chi connectivity index (χ4n) is 5.84. The number of carboxylic acid groups (broad SMARTS) is 1. The molecule has 2 N–H and O–H groups in total. The van der Waals surface area contributed by atoms with E-state index in [9.17, 15) is 31.1 Å². The summed E-state index contributed by atoms with van der Waals surface area (Å²) in [6.07, 6.45) is -1.92. The van der Waals surface area contributed by atoms with E-state index >= 15 is 0 Å². The summed E-state index contributed by atoms with van der Waals surface area (Å²) in [5.74, 6) is -7.99. The topological polar surface area (TPSA) is 115 Å². The Morgan fingerprint density at radius 3 is 2.68 bits per heavy atom. The average molecular weight is 400 g/mol. The van der Waals surface area contributed by atoms with Gasteiger partial charge in [0, 0.05) is 20.8 Å². The fourth-order valence-corrected chi connectivity index (χ4v) is 5.84. The van der Waals surface area contributed by atoms with E-state index in [1.165, 1.54) is 25.2 Å². The molecule has 6 nitrogen and oxygen atoms in total. The Kier molecular flexibility index (Phi) is 4.16. The quantitative estimate of drug-likeness (QED) is 0.386. The molecular formula is C21H25NaO6. The fraction of sp³-hybridized carbons (Fsp3) is 0.667. The third kappa shape index (κ3) is 2.68. The summed E-state index contributed by atoms with van der Waals surface area (Å²) in [5.41, 5.74) is -5.65. The number of Topliss-reactive ketones (excluding diaryl/α,β-unsaturated/α-hetero) is 1. The van der Waals surface area contributed by atoms with Gasteiger partial charge in [0.05, 0.1) is 7.45 Å². The zero-order valence-corrected chi connectivity index (χ0v) is 18.2. The van der Waals surface area contributed by atoms with Crippen LogP contribution in [-0.2, 0) is 14.4 Å². The van der Waals surface area contributed by atoms with Crippen molar-refractivity contribution >= 4 is 17.5 Å². The molecule has 0 aromatic rings. The number of aliphatic hydroxyl groups is 2. The number of hydrogen-bond acceptors (Lipinski definition) is 6. The Labute approximate surface area is 192 Å². The summed E-state index contributed by atoms with van der Waals surface area (Å²) in [6.45, 7) is 2.78. The molecule has 28 heavy (non-hydrogen) atoms. The SMILES string of the molecule is [2H]C1([2H])[C@]([2H])(O)[C@@]2([2H])C(CCC3=CC(=O)C=C[C@@]32C)[C@@H]2CC[C@](O)(C(=O)C(=O)[O-])[C@]21C.[Na+]. The third-order valence-electron chi connectivity index (χ3n) is 7.32. The number of carbonyl (C=O) groups excluding carboxylic acids is 3. The third-order valence-corrected chi connectivity index (χ3v) is 7.32. The van der Waals surface area contributed by atoms with Crippen molar-refractivity contribution in [2.45, 2.75) is 57.6 Å². The summed E-state index contributed by atoms with van der Waals surface area (Å²) in [5, 5.41) is 34.0. The molecule has 0 saturated heterocycles. The second-order valence-electron chi connectivity index (χ2n) is 8.46. The van der Waals surface area contributed by atoms with Gasteiger partial charge >= 0.3 is 29.6 Å². The summed E-state index contributed by atoms with van der Waals surface area (Å²) < 4.78 is 35.8. The molecule has 0 aromatic carbocycles. The number of aliphatic carboxylic acids is 1. The minimum absolute atomic E-state index is 0.